The molecule has 0 fully saturated rings. The SMILES string of the molecule is NC(N)=NCCCN(Cc1ccc(CN(Cc2ccccn2)Cc2ccc3ccccc3n2)cc1)Cc1cccc2ccccc12. The Morgan fingerprint density at radius 1 is 0.587 bits per heavy atom. The summed E-state index contributed by atoms with van der Waals surface area (Å²) in [5.74, 6) is 0.143. The monoisotopic (exact) mass is 607 g/mol. The molecule has 232 valence electrons. The molecule has 2 aromatic heterocycles. The van der Waals surface area contributed by atoms with E-state index in [1.165, 1.54) is 27.5 Å². The number of benzene rings is 4. The number of fused-ring (bicyclic) bond motifs is 2. The molecule has 46 heavy (non-hydrogen) atoms. The van der Waals surface area contributed by atoms with Crippen molar-refractivity contribution in [3.05, 3.63) is 156 Å². The van der Waals surface area contributed by atoms with Crippen molar-refractivity contribution in [1.82, 2.24) is 19.8 Å². The molecule has 0 radical (unpaired) electrons. The second-order valence-electron chi connectivity index (χ2n) is 11.8. The number of pyridine rings is 2. The summed E-state index contributed by atoms with van der Waals surface area (Å²) in [6, 6.07) is 42.8. The van der Waals surface area contributed by atoms with Crippen LogP contribution < -0.4 is 11.5 Å². The molecular weight excluding hydrogens is 566 g/mol. The Morgan fingerprint density at radius 3 is 2.07 bits per heavy atom. The number of guanidine groups is 1. The Kier molecular flexibility index (Phi) is 10.2. The van der Waals surface area contributed by atoms with Crippen molar-refractivity contribution in [3.8, 4) is 0 Å². The van der Waals surface area contributed by atoms with Crippen molar-refractivity contribution in [1.29, 1.82) is 0 Å². The molecule has 4 aromatic carbocycles. The largest absolute Gasteiger partial charge is 0.370 e. The van der Waals surface area contributed by atoms with Crippen LogP contribution in [0.25, 0.3) is 21.7 Å². The smallest absolute Gasteiger partial charge is 0.185 e. The molecule has 7 nitrogen and oxygen atoms in total. The molecule has 0 aliphatic rings. The Balaban J connectivity index is 1.17. The number of rotatable bonds is 14. The number of hydrogen-bond acceptors (Lipinski definition) is 5. The number of nitrogens with zero attached hydrogens (tertiary/aromatic N) is 5. The number of para-hydroxylation sites is 1. The van der Waals surface area contributed by atoms with E-state index >= 15 is 0 Å². The van der Waals surface area contributed by atoms with Crippen LogP contribution in [0.4, 0.5) is 0 Å². The van der Waals surface area contributed by atoms with Gasteiger partial charge in [-0.15, -0.1) is 0 Å². The molecule has 0 amide bonds. The van der Waals surface area contributed by atoms with Gasteiger partial charge in [-0.3, -0.25) is 24.8 Å². The Bertz CT molecular complexity index is 1880. The summed E-state index contributed by atoms with van der Waals surface area (Å²) in [6.45, 7) is 5.46. The number of aromatic nitrogens is 2. The highest BCUT2D eigenvalue weighted by atomic mass is 15.1. The molecule has 0 aliphatic carbocycles. The first-order valence-corrected chi connectivity index (χ1v) is 15.9. The first kappa shape index (κ1) is 30.9. The predicted molar refractivity (Wildman–Crippen MR) is 189 cm³/mol. The third-order valence-corrected chi connectivity index (χ3v) is 8.19. The van der Waals surface area contributed by atoms with Gasteiger partial charge in [-0.05, 0) is 58.1 Å². The highest BCUT2D eigenvalue weighted by Crippen LogP contribution is 2.22. The van der Waals surface area contributed by atoms with Gasteiger partial charge in [0.1, 0.15) is 0 Å². The van der Waals surface area contributed by atoms with Gasteiger partial charge >= 0.3 is 0 Å². The highest BCUT2D eigenvalue weighted by molar-refractivity contribution is 5.85. The van der Waals surface area contributed by atoms with Crippen LogP contribution in [0.2, 0.25) is 0 Å². The predicted octanol–water partition coefficient (Wildman–Crippen LogP) is 6.65. The van der Waals surface area contributed by atoms with E-state index in [0.29, 0.717) is 6.54 Å². The van der Waals surface area contributed by atoms with E-state index in [1.54, 1.807) is 0 Å². The van der Waals surface area contributed by atoms with Crippen LogP contribution in [0, 0.1) is 0 Å². The third-order valence-electron chi connectivity index (χ3n) is 8.19. The molecule has 6 rings (SSSR count). The van der Waals surface area contributed by atoms with E-state index in [4.69, 9.17) is 16.5 Å². The molecule has 0 atom stereocenters. The van der Waals surface area contributed by atoms with Crippen molar-refractivity contribution in [2.45, 2.75) is 39.1 Å². The lowest BCUT2D eigenvalue weighted by Crippen LogP contribution is -2.26. The normalized spacial score (nSPS) is 11.4. The van der Waals surface area contributed by atoms with E-state index in [1.807, 2.05) is 24.4 Å². The number of nitrogens with two attached hydrogens (primary N) is 2. The zero-order valence-corrected chi connectivity index (χ0v) is 26.2. The lowest BCUT2D eigenvalue weighted by molar-refractivity contribution is 0.241. The van der Waals surface area contributed by atoms with Crippen LogP contribution in [0.3, 0.4) is 0 Å². The second-order valence-corrected chi connectivity index (χ2v) is 11.8. The first-order chi connectivity index (χ1) is 22.6. The Labute approximate surface area is 271 Å². The number of hydrogen-bond donors (Lipinski definition) is 2. The van der Waals surface area contributed by atoms with Gasteiger partial charge in [-0.2, -0.15) is 0 Å². The van der Waals surface area contributed by atoms with Gasteiger partial charge in [0.05, 0.1) is 16.9 Å². The molecule has 0 saturated heterocycles. The van der Waals surface area contributed by atoms with Gasteiger partial charge in [0.2, 0.25) is 0 Å². The summed E-state index contributed by atoms with van der Waals surface area (Å²) in [6.07, 6.45) is 2.74. The topological polar surface area (TPSA) is 96.7 Å². The molecule has 0 bridgehead atoms. The van der Waals surface area contributed by atoms with Crippen LogP contribution in [0.5, 0.6) is 0 Å². The summed E-state index contributed by atoms with van der Waals surface area (Å²) >= 11 is 0. The quantitative estimate of drug-likeness (QED) is 0.0818. The van der Waals surface area contributed by atoms with Crippen molar-refractivity contribution >= 4 is 27.6 Å². The molecule has 0 aliphatic heterocycles. The lowest BCUT2D eigenvalue weighted by Gasteiger charge is -2.24. The summed E-state index contributed by atoms with van der Waals surface area (Å²) in [4.78, 5) is 18.6. The summed E-state index contributed by atoms with van der Waals surface area (Å²) in [7, 11) is 0. The average molecular weight is 608 g/mol. The summed E-state index contributed by atoms with van der Waals surface area (Å²) in [5.41, 5.74) is 18.1. The highest BCUT2D eigenvalue weighted by Gasteiger charge is 2.13. The van der Waals surface area contributed by atoms with Crippen molar-refractivity contribution < 1.29 is 0 Å². The molecule has 2 heterocycles. The van der Waals surface area contributed by atoms with Crippen molar-refractivity contribution in [3.63, 3.8) is 0 Å². The lowest BCUT2D eigenvalue weighted by atomic mass is 10.0. The Hall–Kier alpha value is -5.11. The van der Waals surface area contributed by atoms with E-state index in [0.717, 1.165) is 68.0 Å². The molecule has 0 unspecified atom stereocenters. The van der Waals surface area contributed by atoms with Gasteiger partial charge in [-0.25, -0.2) is 0 Å². The zero-order valence-electron chi connectivity index (χ0n) is 26.2. The van der Waals surface area contributed by atoms with Crippen LogP contribution >= 0.6 is 0 Å². The van der Waals surface area contributed by atoms with Gasteiger partial charge in [0, 0.05) is 57.4 Å². The standard InChI is InChI=1S/C39H41N7/c40-39(41)43-23-8-24-45(27-34-12-7-11-32-9-1-3-14-37(32)34)25-30-16-18-31(19-17-30)26-46(28-35-13-5-6-22-42-35)29-36-21-20-33-10-2-4-15-38(33)44-36/h1-7,9-22H,8,23-29H2,(H4,40,41,43). The van der Waals surface area contributed by atoms with Crippen LogP contribution in [-0.2, 0) is 32.7 Å². The minimum atomic E-state index is 0.143. The molecule has 7 heteroatoms. The summed E-state index contributed by atoms with van der Waals surface area (Å²) in [5, 5.41) is 3.71. The van der Waals surface area contributed by atoms with Crippen LogP contribution in [0.15, 0.2) is 133 Å². The van der Waals surface area contributed by atoms with E-state index in [-0.39, 0.29) is 5.96 Å². The van der Waals surface area contributed by atoms with E-state index in [9.17, 15) is 0 Å². The van der Waals surface area contributed by atoms with E-state index < -0.39 is 0 Å². The fourth-order valence-electron chi connectivity index (χ4n) is 5.97. The van der Waals surface area contributed by atoms with Gasteiger partial charge in [-0.1, -0.05) is 97.1 Å². The van der Waals surface area contributed by atoms with Gasteiger partial charge in [0.25, 0.3) is 0 Å². The van der Waals surface area contributed by atoms with Crippen molar-refractivity contribution in [2.24, 2.45) is 16.5 Å². The average Bonchev–Trinajstić information content (AvgIpc) is 3.08. The number of aliphatic imine (C=N–C) groups is 1. The maximum atomic E-state index is 5.58. The fourth-order valence-corrected chi connectivity index (χ4v) is 5.97. The van der Waals surface area contributed by atoms with Crippen molar-refractivity contribution in [2.75, 3.05) is 13.1 Å². The van der Waals surface area contributed by atoms with E-state index in [2.05, 4.69) is 123 Å². The fraction of sp³-hybridized carbons (Fsp3) is 0.205. The maximum absolute atomic E-state index is 5.58. The van der Waals surface area contributed by atoms with Crippen LogP contribution in [-0.4, -0.2) is 38.8 Å². The first-order valence-electron chi connectivity index (χ1n) is 15.9. The molecule has 0 spiro atoms. The second kappa shape index (κ2) is 15.3. The summed E-state index contributed by atoms with van der Waals surface area (Å²) < 4.78 is 0. The molecule has 0 saturated carbocycles. The molecular formula is C39H41N7. The van der Waals surface area contributed by atoms with Gasteiger partial charge in [0.15, 0.2) is 5.96 Å². The molecule has 6 aromatic rings. The van der Waals surface area contributed by atoms with Crippen LogP contribution in [0.1, 0.15) is 34.5 Å². The zero-order chi connectivity index (χ0) is 31.6. The molecule has 4 N–H and O–H groups in total. The maximum Gasteiger partial charge on any atom is 0.185 e. The minimum Gasteiger partial charge on any atom is -0.370 e. The Morgan fingerprint density at radius 2 is 1.28 bits per heavy atom. The third kappa shape index (κ3) is 8.53. The van der Waals surface area contributed by atoms with Gasteiger partial charge < -0.3 is 11.5 Å². The minimum absolute atomic E-state index is 0.143.